The molecule has 0 atom stereocenters. The number of nitrogens with zero attached hydrogens (tertiary/aromatic N) is 1. The number of halogens is 4. The van der Waals surface area contributed by atoms with E-state index in [-0.39, 0.29) is 16.4 Å². The van der Waals surface area contributed by atoms with Crippen LogP contribution in [0.5, 0.6) is 0 Å². The molecule has 13 heavy (non-hydrogen) atoms. The summed E-state index contributed by atoms with van der Waals surface area (Å²) < 4.78 is 25.0. The summed E-state index contributed by atoms with van der Waals surface area (Å²) in [5.74, 6) is 0. The van der Waals surface area contributed by atoms with Gasteiger partial charge in [-0.2, -0.15) is 0 Å². The van der Waals surface area contributed by atoms with Gasteiger partial charge >= 0.3 is 0 Å². The van der Waals surface area contributed by atoms with Crippen molar-refractivity contribution in [2.45, 2.75) is 18.7 Å². The Morgan fingerprint density at radius 1 is 1.62 bits per heavy atom. The van der Waals surface area contributed by atoms with Gasteiger partial charge in [-0.1, -0.05) is 27.5 Å². The highest BCUT2D eigenvalue weighted by Crippen LogP contribution is 2.28. The van der Waals surface area contributed by atoms with Crippen molar-refractivity contribution < 1.29 is 8.78 Å². The van der Waals surface area contributed by atoms with Crippen LogP contribution in [0.15, 0.2) is 6.07 Å². The fourth-order valence-corrected chi connectivity index (χ4v) is 1.84. The highest BCUT2D eigenvalue weighted by Gasteiger charge is 2.16. The molecule has 0 aliphatic carbocycles. The van der Waals surface area contributed by atoms with Crippen LogP contribution in [-0.2, 0) is 5.33 Å². The Balaban J connectivity index is 3.30. The fraction of sp³-hybridized carbons (Fsp3) is 0.375. The van der Waals surface area contributed by atoms with Gasteiger partial charge in [0, 0.05) is 16.6 Å². The monoisotopic (exact) mass is 269 g/mol. The van der Waals surface area contributed by atoms with Gasteiger partial charge in [-0.25, -0.2) is 13.8 Å². The smallest absolute Gasteiger partial charge is 0.241 e. The first-order valence-electron chi connectivity index (χ1n) is 3.56. The number of aromatic nitrogens is 1. The lowest BCUT2D eigenvalue weighted by Gasteiger charge is -2.09. The Kier molecular flexibility index (Phi) is 3.62. The highest BCUT2D eigenvalue weighted by molar-refractivity contribution is 9.08. The molecule has 1 heterocycles. The van der Waals surface area contributed by atoms with Crippen molar-refractivity contribution in [2.75, 3.05) is 0 Å². The minimum Gasteiger partial charge on any atom is -0.241 e. The molecule has 0 N–H and O–H groups in total. The zero-order chi connectivity index (χ0) is 10.0. The van der Waals surface area contributed by atoms with Gasteiger partial charge in [0.2, 0.25) is 0 Å². The maximum atomic E-state index is 12.5. The van der Waals surface area contributed by atoms with Crippen LogP contribution in [0.25, 0.3) is 0 Å². The second kappa shape index (κ2) is 4.33. The minimum absolute atomic E-state index is 0.0266. The summed E-state index contributed by atoms with van der Waals surface area (Å²) >= 11 is 8.75. The van der Waals surface area contributed by atoms with Crippen LogP contribution in [0.2, 0.25) is 5.15 Å². The average molecular weight is 271 g/mol. The molecule has 0 fully saturated rings. The van der Waals surface area contributed by atoms with Crippen molar-refractivity contribution in [2.24, 2.45) is 0 Å². The van der Waals surface area contributed by atoms with Crippen molar-refractivity contribution in [1.82, 2.24) is 4.98 Å². The Morgan fingerprint density at radius 2 is 2.23 bits per heavy atom. The summed E-state index contributed by atoms with van der Waals surface area (Å²) in [6, 6.07) is 1.45. The number of hydrogen-bond acceptors (Lipinski definition) is 1. The number of rotatable bonds is 2. The van der Waals surface area contributed by atoms with Gasteiger partial charge in [-0.05, 0) is 18.6 Å². The second-order valence-electron chi connectivity index (χ2n) is 2.54. The third kappa shape index (κ3) is 2.38. The fourth-order valence-electron chi connectivity index (χ4n) is 1.12. The second-order valence-corrected chi connectivity index (χ2v) is 3.49. The summed E-state index contributed by atoms with van der Waals surface area (Å²) in [6.45, 7) is 1.53. The van der Waals surface area contributed by atoms with Gasteiger partial charge in [0.1, 0.15) is 5.15 Å². The molecule has 0 aliphatic rings. The summed E-state index contributed by atoms with van der Waals surface area (Å²) in [5.41, 5.74) is 0.755. The van der Waals surface area contributed by atoms with E-state index < -0.39 is 6.43 Å². The molecule has 0 unspecified atom stereocenters. The van der Waals surface area contributed by atoms with E-state index in [0.717, 1.165) is 0 Å². The van der Waals surface area contributed by atoms with Crippen LogP contribution < -0.4 is 0 Å². The van der Waals surface area contributed by atoms with Crippen molar-refractivity contribution in [3.8, 4) is 0 Å². The van der Waals surface area contributed by atoms with Crippen molar-refractivity contribution in [3.63, 3.8) is 0 Å². The lowest BCUT2D eigenvalue weighted by atomic mass is 10.1. The first-order valence-corrected chi connectivity index (χ1v) is 5.06. The Labute approximate surface area is 88.2 Å². The van der Waals surface area contributed by atoms with Gasteiger partial charge in [-0.15, -0.1) is 0 Å². The molecule has 0 radical (unpaired) electrons. The van der Waals surface area contributed by atoms with Crippen LogP contribution in [0.1, 0.15) is 23.2 Å². The SMILES string of the molecule is Cc1nc(Cl)cc(CBr)c1C(F)F. The Hall–Kier alpha value is -0.220. The molecule has 0 aromatic carbocycles. The number of aryl methyl sites for hydroxylation is 1. The molecule has 1 rings (SSSR count). The van der Waals surface area contributed by atoms with Crippen molar-refractivity contribution in [3.05, 3.63) is 28.0 Å². The van der Waals surface area contributed by atoms with E-state index in [4.69, 9.17) is 11.6 Å². The molecule has 5 heteroatoms. The predicted molar refractivity (Wildman–Crippen MR) is 51.6 cm³/mol. The lowest BCUT2D eigenvalue weighted by Crippen LogP contribution is -1.99. The van der Waals surface area contributed by atoms with Gasteiger partial charge in [0.15, 0.2) is 0 Å². The van der Waals surface area contributed by atoms with Crippen LogP contribution in [0.4, 0.5) is 8.78 Å². The molecule has 72 valence electrons. The lowest BCUT2D eigenvalue weighted by molar-refractivity contribution is 0.149. The topological polar surface area (TPSA) is 12.9 Å². The zero-order valence-corrected chi connectivity index (χ0v) is 9.16. The highest BCUT2D eigenvalue weighted by atomic mass is 79.9. The van der Waals surface area contributed by atoms with E-state index in [9.17, 15) is 8.78 Å². The third-order valence-corrected chi connectivity index (χ3v) is 2.46. The van der Waals surface area contributed by atoms with Gasteiger partial charge in [0.05, 0.1) is 0 Å². The minimum atomic E-state index is -2.50. The Morgan fingerprint density at radius 3 is 2.69 bits per heavy atom. The normalized spacial score (nSPS) is 10.9. The molecule has 0 aliphatic heterocycles. The van der Waals surface area contributed by atoms with Crippen molar-refractivity contribution in [1.29, 1.82) is 0 Å². The van der Waals surface area contributed by atoms with Gasteiger partial charge in [-0.3, -0.25) is 0 Å². The molecule has 0 bridgehead atoms. The number of pyridine rings is 1. The summed E-state index contributed by atoms with van der Waals surface area (Å²) in [6.07, 6.45) is -2.50. The van der Waals surface area contributed by atoms with E-state index in [1.165, 1.54) is 13.0 Å². The molecule has 0 saturated carbocycles. The quantitative estimate of drug-likeness (QED) is 0.587. The first-order chi connectivity index (χ1) is 6.06. The maximum Gasteiger partial charge on any atom is 0.265 e. The molecule has 0 saturated heterocycles. The molecular formula is C8H7BrClF2N. The maximum absolute atomic E-state index is 12.5. The first kappa shape index (κ1) is 10.9. The molecule has 1 aromatic rings. The standard InChI is InChI=1S/C8H7BrClF2N/c1-4-7(8(11)12)5(3-9)2-6(10)13-4/h2,8H,3H2,1H3. The van der Waals surface area contributed by atoms with Crippen molar-refractivity contribution >= 4 is 27.5 Å². The molecule has 1 nitrogen and oxygen atoms in total. The van der Waals surface area contributed by atoms with Gasteiger partial charge in [0.25, 0.3) is 6.43 Å². The third-order valence-electron chi connectivity index (χ3n) is 1.67. The number of alkyl halides is 3. The van der Waals surface area contributed by atoms with E-state index in [1.807, 2.05) is 0 Å². The summed E-state index contributed by atoms with van der Waals surface area (Å²) in [5, 5.41) is 0.604. The average Bonchev–Trinajstić information content (AvgIpc) is 2.01. The van der Waals surface area contributed by atoms with E-state index in [2.05, 4.69) is 20.9 Å². The summed E-state index contributed by atoms with van der Waals surface area (Å²) in [7, 11) is 0. The van der Waals surface area contributed by atoms with E-state index in [0.29, 0.717) is 10.9 Å². The Bertz CT molecular complexity index is 317. The molecular weight excluding hydrogens is 263 g/mol. The van der Waals surface area contributed by atoms with Crippen LogP contribution in [0, 0.1) is 6.92 Å². The molecule has 0 amide bonds. The van der Waals surface area contributed by atoms with Crippen LogP contribution in [-0.4, -0.2) is 4.98 Å². The van der Waals surface area contributed by atoms with Gasteiger partial charge < -0.3 is 0 Å². The van der Waals surface area contributed by atoms with Crippen LogP contribution in [0.3, 0.4) is 0 Å². The van der Waals surface area contributed by atoms with Crippen LogP contribution >= 0.6 is 27.5 Å². The summed E-state index contributed by atoms with van der Waals surface area (Å²) in [4.78, 5) is 3.77. The number of hydrogen-bond donors (Lipinski definition) is 0. The molecule has 1 aromatic heterocycles. The molecule has 0 spiro atoms. The predicted octanol–water partition coefficient (Wildman–Crippen LogP) is 3.88. The van der Waals surface area contributed by atoms with E-state index in [1.54, 1.807) is 0 Å². The largest absolute Gasteiger partial charge is 0.265 e. The van der Waals surface area contributed by atoms with E-state index >= 15 is 0 Å². The zero-order valence-electron chi connectivity index (χ0n) is 6.82.